The molecule has 0 aromatic heterocycles. The second-order valence-corrected chi connectivity index (χ2v) is 2.56. The lowest BCUT2D eigenvalue weighted by Gasteiger charge is -2.01. The molecular formula is C11H12FO. The lowest BCUT2D eigenvalue weighted by atomic mass is 10.3. The molecule has 1 radical (unpaired) electrons. The topological polar surface area (TPSA) is 9.23 Å². The fraction of sp³-hybridized carbons (Fsp3) is 0.273. The third-order valence-corrected chi connectivity index (χ3v) is 1.49. The molecule has 0 saturated heterocycles. The molecule has 0 fully saturated rings. The van der Waals surface area contributed by atoms with Crippen molar-refractivity contribution in [2.75, 3.05) is 6.61 Å². The third-order valence-electron chi connectivity index (χ3n) is 1.49. The van der Waals surface area contributed by atoms with Crippen LogP contribution in [0.3, 0.4) is 0 Å². The average Bonchev–Trinajstić information content (AvgIpc) is 2.13. The van der Waals surface area contributed by atoms with Crippen molar-refractivity contribution in [2.45, 2.75) is 13.3 Å². The number of rotatable bonds is 4. The van der Waals surface area contributed by atoms with Crippen LogP contribution in [-0.4, -0.2) is 6.61 Å². The summed E-state index contributed by atoms with van der Waals surface area (Å²) < 4.78 is 17.8. The molecular weight excluding hydrogens is 167 g/mol. The zero-order valence-corrected chi connectivity index (χ0v) is 7.59. The third kappa shape index (κ3) is 3.74. The van der Waals surface area contributed by atoms with Gasteiger partial charge in [-0.25, -0.2) is 4.39 Å². The molecule has 1 aromatic rings. The average molecular weight is 179 g/mol. The van der Waals surface area contributed by atoms with E-state index in [9.17, 15) is 4.39 Å². The fourth-order valence-corrected chi connectivity index (χ4v) is 0.887. The van der Waals surface area contributed by atoms with E-state index in [0.717, 1.165) is 6.42 Å². The van der Waals surface area contributed by atoms with Gasteiger partial charge in [0.05, 0.1) is 0 Å². The minimum Gasteiger partial charge on any atom is -0.489 e. The number of halogens is 1. The van der Waals surface area contributed by atoms with Gasteiger partial charge in [-0.3, -0.25) is 0 Å². The van der Waals surface area contributed by atoms with Gasteiger partial charge in [-0.2, -0.15) is 0 Å². The van der Waals surface area contributed by atoms with Crippen LogP contribution in [0.1, 0.15) is 13.3 Å². The molecule has 1 rings (SSSR count). The van der Waals surface area contributed by atoms with Gasteiger partial charge in [-0.05, 0) is 18.6 Å². The number of benzene rings is 1. The quantitative estimate of drug-likeness (QED) is 0.645. The van der Waals surface area contributed by atoms with Crippen LogP contribution in [0.5, 0.6) is 5.75 Å². The van der Waals surface area contributed by atoms with Crippen molar-refractivity contribution >= 4 is 0 Å². The maximum Gasteiger partial charge on any atom is 0.134 e. The lowest BCUT2D eigenvalue weighted by Crippen LogP contribution is -1.93. The molecule has 1 aromatic carbocycles. The zero-order valence-electron chi connectivity index (χ0n) is 7.59. The van der Waals surface area contributed by atoms with Gasteiger partial charge in [0.25, 0.3) is 0 Å². The fourth-order valence-electron chi connectivity index (χ4n) is 0.887. The molecule has 0 unspecified atom stereocenters. The van der Waals surface area contributed by atoms with Crippen LogP contribution in [-0.2, 0) is 0 Å². The number of hydrogen-bond donors (Lipinski definition) is 0. The Morgan fingerprint density at radius 3 is 3.08 bits per heavy atom. The van der Waals surface area contributed by atoms with Crippen molar-refractivity contribution in [3.05, 3.63) is 42.2 Å². The second kappa shape index (κ2) is 5.36. The second-order valence-electron chi connectivity index (χ2n) is 2.56. The summed E-state index contributed by atoms with van der Waals surface area (Å²) in [6, 6.07) is 6.92. The van der Waals surface area contributed by atoms with E-state index in [-0.39, 0.29) is 0 Å². The predicted octanol–water partition coefficient (Wildman–Crippen LogP) is 2.97. The van der Waals surface area contributed by atoms with Gasteiger partial charge >= 0.3 is 0 Å². The molecule has 0 saturated carbocycles. The Labute approximate surface area is 77.8 Å². The first-order valence-corrected chi connectivity index (χ1v) is 4.28. The Kier molecular flexibility index (Phi) is 4.03. The van der Waals surface area contributed by atoms with Crippen LogP contribution in [0.2, 0.25) is 0 Å². The largest absolute Gasteiger partial charge is 0.489 e. The van der Waals surface area contributed by atoms with E-state index in [0.29, 0.717) is 12.4 Å². The van der Waals surface area contributed by atoms with Gasteiger partial charge in [0, 0.05) is 12.1 Å². The van der Waals surface area contributed by atoms with Crippen LogP contribution < -0.4 is 4.74 Å². The van der Waals surface area contributed by atoms with E-state index in [1.165, 1.54) is 12.1 Å². The summed E-state index contributed by atoms with van der Waals surface area (Å²) in [5, 5.41) is 0. The first-order valence-electron chi connectivity index (χ1n) is 4.28. The normalized spacial score (nSPS) is 10.6. The Balaban J connectivity index is 2.41. The van der Waals surface area contributed by atoms with Gasteiger partial charge in [-0.1, -0.05) is 19.1 Å². The van der Waals surface area contributed by atoms with Crippen LogP contribution in [0.25, 0.3) is 0 Å². The predicted molar refractivity (Wildman–Crippen MR) is 50.2 cm³/mol. The van der Waals surface area contributed by atoms with Crippen LogP contribution >= 0.6 is 0 Å². The molecule has 0 spiro atoms. The molecule has 0 bridgehead atoms. The molecule has 69 valence electrons. The van der Waals surface area contributed by atoms with Gasteiger partial charge < -0.3 is 4.74 Å². The maximum atomic E-state index is 12.6. The molecule has 0 N–H and O–H groups in total. The molecule has 13 heavy (non-hydrogen) atoms. The summed E-state index contributed by atoms with van der Waals surface area (Å²) >= 11 is 0. The van der Waals surface area contributed by atoms with E-state index < -0.39 is 5.82 Å². The van der Waals surface area contributed by atoms with Crippen LogP contribution in [0, 0.1) is 11.9 Å². The molecule has 0 aliphatic rings. The van der Waals surface area contributed by atoms with E-state index in [1.54, 1.807) is 6.07 Å². The SMILES string of the molecule is CC/C=C/COc1cc[c]c(F)c1. The summed E-state index contributed by atoms with van der Waals surface area (Å²) in [6.07, 6.45) is 4.90. The molecule has 2 heteroatoms. The number of ether oxygens (including phenoxy) is 1. The smallest absolute Gasteiger partial charge is 0.134 e. The van der Waals surface area contributed by atoms with Gasteiger partial charge in [0.1, 0.15) is 18.2 Å². The van der Waals surface area contributed by atoms with E-state index in [1.807, 2.05) is 19.1 Å². The van der Waals surface area contributed by atoms with Crippen molar-refractivity contribution in [1.29, 1.82) is 0 Å². The first-order chi connectivity index (χ1) is 6.33. The van der Waals surface area contributed by atoms with Gasteiger partial charge in [0.15, 0.2) is 0 Å². The van der Waals surface area contributed by atoms with Crippen LogP contribution in [0.15, 0.2) is 30.4 Å². The summed E-state index contributed by atoms with van der Waals surface area (Å²) in [4.78, 5) is 0. The van der Waals surface area contributed by atoms with Crippen molar-refractivity contribution in [1.82, 2.24) is 0 Å². The molecule has 1 nitrogen and oxygen atoms in total. The molecule has 0 atom stereocenters. The zero-order chi connectivity index (χ0) is 9.52. The maximum absolute atomic E-state index is 12.6. The highest BCUT2D eigenvalue weighted by molar-refractivity contribution is 5.21. The summed E-state index contributed by atoms with van der Waals surface area (Å²) in [5.41, 5.74) is 0. The summed E-state index contributed by atoms with van der Waals surface area (Å²) in [7, 11) is 0. The first kappa shape index (κ1) is 9.78. The van der Waals surface area contributed by atoms with E-state index in [2.05, 4.69) is 6.07 Å². The van der Waals surface area contributed by atoms with Gasteiger partial charge in [-0.15, -0.1) is 0 Å². The summed E-state index contributed by atoms with van der Waals surface area (Å²) in [5.74, 6) is 0.147. The summed E-state index contributed by atoms with van der Waals surface area (Å²) in [6.45, 7) is 2.53. The highest BCUT2D eigenvalue weighted by atomic mass is 19.1. The van der Waals surface area contributed by atoms with Crippen molar-refractivity contribution in [3.8, 4) is 5.75 Å². The monoisotopic (exact) mass is 179 g/mol. The lowest BCUT2D eigenvalue weighted by molar-refractivity contribution is 0.360. The van der Waals surface area contributed by atoms with Gasteiger partial charge in [0.2, 0.25) is 0 Å². The number of hydrogen-bond acceptors (Lipinski definition) is 1. The standard InChI is InChI=1S/C11H12FO/c1-2-3-4-8-13-11-7-5-6-10(12)9-11/h3-5,7,9H,2,8H2,1H3/b4-3+. The van der Waals surface area contributed by atoms with Crippen molar-refractivity contribution in [3.63, 3.8) is 0 Å². The Morgan fingerprint density at radius 1 is 1.54 bits per heavy atom. The Morgan fingerprint density at radius 2 is 2.38 bits per heavy atom. The van der Waals surface area contributed by atoms with Crippen LogP contribution in [0.4, 0.5) is 4.39 Å². The van der Waals surface area contributed by atoms with E-state index >= 15 is 0 Å². The highest BCUT2D eigenvalue weighted by Gasteiger charge is 1.93. The molecule has 0 aliphatic heterocycles. The molecule has 0 aliphatic carbocycles. The van der Waals surface area contributed by atoms with Crippen molar-refractivity contribution < 1.29 is 9.13 Å². The highest BCUT2D eigenvalue weighted by Crippen LogP contribution is 2.10. The molecule has 0 amide bonds. The minimum absolute atomic E-state index is 0.392. The van der Waals surface area contributed by atoms with E-state index in [4.69, 9.17) is 4.74 Å². The Hall–Kier alpha value is -1.31. The minimum atomic E-state index is -0.392. The number of allylic oxidation sites excluding steroid dienone is 1. The van der Waals surface area contributed by atoms with Crippen molar-refractivity contribution in [2.24, 2.45) is 0 Å². The Bertz CT molecular complexity index is 281. The molecule has 0 heterocycles.